The van der Waals surface area contributed by atoms with E-state index in [9.17, 15) is 0 Å². The molecule has 0 bridgehead atoms. The maximum atomic E-state index is 5.81. The Morgan fingerprint density at radius 2 is 2.27 bits per heavy atom. The Balaban J connectivity index is 2.31. The second-order valence-corrected chi connectivity index (χ2v) is 4.24. The van der Waals surface area contributed by atoms with Gasteiger partial charge in [-0.1, -0.05) is 19.1 Å². The molecule has 2 N–H and O–H groups in total. The molecule has 0 saturated carbocycles. The minimum atomic E-state index is 0.565. The molecule has 1 unspecified atom stereocenters. The Kier molecular flexibility index (Phi) is 1.66. The van der Waals surface area contributed by atoms with Gasteiger partial charge in [0.15, 0.2) is 0 Å². The normalized spacial score (nSPS) is 19.4. The number of hydrogen-bond donors (Lipinski definition) is 1. The molecule has 2 heteroatoms. The van der Waals surface area contributed by atoms with Gasteiger partial charge in [-0.3, -0.25) is 0 Å². The van der Waals surface area contributed by atoms with Crippen LogP contribution in [0.25, 0.3) is 17.0 Å². The van der Waals surface area contributed by atoms with Crippen molar-refractivity contribution in [2.75, 3.05) is 5.73 Å². The van der Waals surface area contributed by atoms with Crippen LogP contribution >= 0.6 is 0 Å². The van der Waals surface area contributed by atoms with Crippen LogP contribution < -0.4 is 5.73 Å². The standard InChI is InChI=1S/C13H13NO/c1-8-2-4-10-11-7-9(14)3-5-12(11)15-13(10)6-8/h2-5,7-8H,6,14H2,1H3. The number of anilines is 1. The summed E-state index contributed by atoms with van der Waals surface area (Å²) in [5.41, 5.74) is 8.71. The number of allylic oxidation sites excluding steroid dienone is 1. The lowest BCUT2D eigenvalue weighted by Gasteiger charge is -2.09. The number of benzene rings is 1. The van der Waals surface area contributed by atoms with Gasteiger partial charge in [0.25, 0.3) is 0 Å². The van der Waals surface area contributed by atoms with E-state index >= 15 is 0 Å². The third-order valence-corrected chi connectivity index (χ3v) is 2.93. The Labute approximate surface area is 88.4 Å². The molecule has 3 rings (SSSR count). The van der Waals surface area contributed by atoms with Crippen molar-refractivity contribution >= 4 is 22.7 Å². The summed E-state index contributed by atoms with van der Waals surface area (Å²) in [6.07, 6.45) is 5.36. The fraction of sp³-hybridized carbons (Fsp3) is 0.231. The zero-order valence-electron chi connectivity index (χ0n) is 8.66. The molecule has 1 aromatic heterocycles. The van der Waals surface area contributed by atoms with Gasteiger partial charge in [0.1, 0.15) is 11.3 Å². The molecule has 0 saturated heterocycles. The van der Waals surface area contributed by atoms with Gasteiger partial charge in [-0.2, -0.15) is 0 Å². The quantitative estimate of drug-likeness (QED) is 0.661. The first-order valence-electron chi connectivity index (χ1n) is 5.23. The monoisotopic (exact) mass is 199 g/mol. The van der Waals surface area contributed by atoms with Crippen LogP contribution in [0, 0.1) is 5.92 Å². The van der Waals surface area contributed by atoms with E-state index in [-0.39, 0.29) is 0 Å². The van der Waals surface area contributed by atoms with Crippen LogP contribution in [0.3, 0.4) is 0 Å². The number of nitrogen functional groups attached to an aromatic ring is 1. The zero-order valence-corrected chi connectivity index (χ0v) is 8.66. The molecule has 1 aromatic carbocycles. The fourth-order valence-corrected chi connectivity index (χ4v) is 2.14. The molecule has 0 radical (unpaired) electrons. The first-order chi connectivity index (χ1) is 7.24. The Hall–Kier alpha value is -1.70. The van der Waals surface area contributed by atoms with Crippen molar-refractivity contribution in [2.45, 2.75) is 13.3 Å². The highest BCUT2D eigenvalue weighted by Gasteiger charge is 2.17. The second-order valence-electron chi connectivity index (χ2n) is 4.24. The summed E-state index contributed by atoms with van der Waals surface area (Å²) in [4.78, 5) is 0. The molecular formula is C13H13NO. The van der Waals surface area contributed by atoms with Gasteiger partial charge in [-0.05, 0) is 24.1 Å². The summed E-state index contributed by atoms with van der Waals surface area (Å²) in [5.74, 6) is 1.65. The average molecular weight is 199 g/mol. The van der Waals surface area contributed by atoms with Crippen molar-refractivity contribution in [3.63, 3.8) is 0 Å². The lowest BCUT2D eigenvalue weighted by Crippen LogP contribution is -2.00. The molecule has 2 aromatic rings. The van der Waals surface area contributed by atoms with Gasteiger partial charge in [0, 0.05) is 23.1 Å². The minimum Gasteiger partial charge on any atom is -0.460 e. The number of hydrogen-bond acceptors (Lipinski definition) is 2. The molecule has 0 fully saturated rings. The van der Waals surface area contributed by atoms with Gasteiger partial charge >= 0.3 is 0 Å². The number of fused-ring (bicyclic) bond motifs is 3. The first-order valence-corrected chi connectivity index (χ1v) is 5.23. The van der Waals surface area contributed by atoms with E-state index in [1.54, 1.807) is 0 Å². The summed E-state index contributed by atoms with van der Waals surface area (Å²) in [7, 11) is 0. The summed E-state index contributed by atoms with van der Waals surface area (Å²) in [5, 5.41) is 1.13. The highest BCUT2D eigenvalue weighted by Crippen LogP contribution is 2.33. The molecule has 0 amide bonds. The van der Waals surface area contributed by atoms with Crippen molar-refractivity contribution < 1.29 is 4.42 Å². The SMILES string of the molecule is CC1C=Cc2c(oc3ccc(N)cc23)C1. The van der Waals surface area contributed by atoms with Crippen LogP contribution in [0.4, 0.5) is 5.69 Å². The van der Waals surface area contributed by atoms with Crippen LogP contribution in [-0.4, -0.2) is 0 Å². The topological polar surface area (TPSA) is 39.2 Å². The largest absolute Gasteiger partial charge is 0.460 e. The Bertz CT molecular complexity index is 551. The predicted molar refractivity (Wildman–Crippen MR) is 62.5 cm³/mol. The molecule has 1 atom stereocenters. The van der Waals surface area contributed by atoms with Gasteiger partial charge in [-0.15, -0.1) is 0 Å². The Morgan fingerprint density at radius 1 is 1.40 bits per heavy atom. The van der Waals surface area contributed by atoms with Gasteiger partial charge in [-0.25, -0.2) is 0 Å². The van der Waals surface area contributed by atoms with Crippen molar-refractivity contribution in [1.29, 1.82) is 0 Å². The maximum absolute atomic E-state index is 5.81. The molecule has 1 aliphatic rings. The summed E-state index contributed by atoms with van der Waals surface area (Å²) < 4.78 is 5.81. The van der Waals surface area contributed by atoms with E-state index in [0.717, 1.165) is 28.8 Å². The van der Waals surface area contributed by atoms with Crippen LogP contribution in [0.5, 0.6) is 0 Å². The van der Waals surface area contributed by atoms with Crippen LogP contribution in [0.1, 0.15) is 18.2 Å². The van der Waals surface area contributed by atoms with Crippen LogP contribution in [0.2, 0.25) is 0 Å². The third kappa shape index (κ3) is 1.25. The van der Waals surface area contributed by atoms with E-state index < -0.39 is 0 Å². The molecule has 0 aliphatic heterocycles. The van der Waals surface area contributed by atoms with Crippen LogP contribution in [-0.2, 0) is 6.42 Å². The number of furan rings is 1. The average Bonchev–Trinajstić information content (AvgIpc) is 2.54. The Morgan fingerprint density at radius 3 is 3.13 bits per heavy atom. The highest BCUT2D eigenvalue weighted by atomic mass is 16.3. The van der Waals surface area contributed by atoms with E-state index in [4.69, 9.17) is 10.2 Å². The lowest BCUT2D eigenvalue weighted by molar-refractivity contribution is 0.513. The summed E-state index contributed by atoms with van der Waals surface area (Å²) in [6.45, 7) is 2.20. The van der Waals surface area contributed by atoms with Gasteiger partial charge < -0.3 is 10.2 Å². The van der Waals surface area contributed by atoms with Gasteiger partial charge in [0.2, 0.25) is 0 Å². The van der Waals surface area contributed by atoms with E-state index in [2.05, 4.69) is 19.1 Å². The highest BCUT2D eigenvalue weighted by molar-refractivity contribution is 5.91. The molecular weight excluding hydrogens is 186 g/mol. The molecule has 76 valence electrons. The number of nitrogens with two attached hydrogens (primary N) is 1. The van der Waals surface area contributed by atoms with E-state index in [1.165, 1.54) is 5.56 Å². The van der Waals surface area contributed by atoms with Crippen molar-refractivity contribution in [3.8, 4) is 0 Å². The molecule has 0 spiro atoms. The molecule has 2 nitrogen and oxygen atoms in total. The molecule has 15 heavy (non-hydrogen) atoms. The molecule has 1 heterocycles. The summed E-state index contributed by atoms with van der Waals surface area (Å²) in [6, 6.07) is 5.81. The van der Waals surface area contributed by atoms with E-state index in [1.807, 2.05) is 18.2 Å². The van der Waals surface area contributed by atoms with Crippen molar-refractivity contribution in [3.05, 3.63) is 35.6 Å². The minimum absolute atomic E-state index is 0.565. The smallest absolute Gasteiger partial charge is 0.135 e. The first kappa shape index (κ1) is 8.60. The predicted octanol–water partition coefficient (Wildman–Crippen LogP) is 3.22. The fourth-order valence-electron chi connectivity index (χ4n) is 2.14. The van der Waals surface area contributed by atoms with E-state index in [0.29, 0.717) is 5.92 Å². The summed E-state index contributed by atoms with van der Waals surface area (Å²) >= 11 is 0. The van der Waals surface area contributed by atoms with Gasteiger partial charge in [0.05, 0.1) is 0 Å². The lowest BCUT2D eigenvalue weighted by atomic mass is 9.95. The van der Waals surface area contributed by atoms with Crippen molar-refractivity contribution in [2.24, 2.45) is 5.92 Å². The molecule has 1 aliphatic carbocycles. The maximum Gasteiger partial charge on any atom is 0.135 e. The van der Waals surface area contributed by atoms with Crippen LogP contribution in [0.15, 0.2) is 28.7 Å². The third-order valence-electron chi connectivity index (χ3n) is 2.93. The number of rotatable bonds is 0. The zero-order chi connectivity index (χ0) is 10.4. The second kappa shape index (κ2) is 2.89. The van der Waals surface area contributed by atoms with Crippen molar-refractivity contribution in [1.82, 2.24) is 0 Å².